The van der Waals surface area contributed by atoms with Crippen LogP contribution in [0.5, 0.6) is 5.75 Å². The Morgan fingerprint density at radius 1 is 0.667 bits per heavy atom. The van der Waals surface area contributed by atoms with E-state index in [0.29, 0.717) is 12.2 Å². The van der Waals surface area contributed by atoms with Crippen molar-refractivity contribution in [3.63, 3.8) is 0 Å². The molecule has 0 fully saturated rings. The van der Waals surface area contributed by atoms with Gasteiger partial charge in [-0.25, -0.2) is 9.78 Å². The summed E-state index contributed by atoms with van der Waals surface area (Å²) in [4.78, 5) is 46.8. The Bertz CT molecular complexity index is 924. The number of aromatic hydroxyl groups is 1. The summed E-state index contributed by atoms with van der Waals surface area (Å²) in [7, 11) is 0. The van der Waals surface area contributed by atoms with Gasteiger partial charge in [0.1, 0.15) is 5.75 Å². The highest BCUT2D eigenvalue weighted by Gasteiger charge is 2.34. The molecule has 0 spiro atoms. The molecule has 9 nitrogen and oxygen atoms in total. The number of hydrazine groups is 1. The van der Waals surface area contributed by atoms with Crippen LogP contribution < -0.4 is 10.9 Å². The first-order valence-electron chi connectivity index (χ1n) is 13.6. The van der Waals surface area contributed by atoms with Crippen LogP contribution in [0.25, 0.3) is 0 Å². The highest BCUT2D eigenvalue weighted by atomic mass is 17.3. The van der Waals surface area contributed by atoms with Crippen molar-refractivity contribution in [3.05, 3.63) is 28.8 Å². The molecule has 0 aliphatic carbocycles. The lowest BCUT2D eigenvalue weighted by Gasteiger charge is -2.32. The normalized spacial score (nSPS) is 13.4. The molecule has 0 aliphatic rings. The monoisotopic (exact) mass is 552 g/mol. The van der Waals surface area contributed by atoms with E-state index in [9.17, 15) is 14.7 Å². The zero-order chi connectivity index (χ0) is 30.4. The summed E-state index contributed by atoms with van der Waals surface area (Å²) in [6.07, 6.45) is 0.725. The molecule has 1 aromatic rings. The SMILES string of the molecule is CC(C)(C)OOC(C)(CCC(=O)NNC(=O)CCc1cc(C(C)(C)C)c(O)c(C(C)(C)C)c1)OOC(C)(C)C. The van der Waals surface area contributed by atoms with Gasteiger partial charge in [-0.3, -0.25) is 20.4 Å². The lowest BCUT2D eigenvalue weighted by molar-refractivity contribution is -0.537. The molecular weight excluding hydrogens is 500 g/mol. The maximum absolute atomic E-state index is 12.5. The molecule has 0 saturated carbocycles. The summed E-state index contributed by atoms with van der Waals surface area (Å²) in [5.41, 5.74) is 5.85. The number of hydrogen-bond donors (Lipinski definition) is 3. The standard InChI is InChI=1S/C30H52N2O7/c1-26(2,3)21-18-20(19-22(25(21)35)27(4,5)6)14-15-23(33)31-32-24(34)16-17-30(13,38-36-28(7,8)9)39-37-29(10,11)12/h18-19,35H,14-17H2,1-13H3,(H,31,33)(H,32,34). The largest absolute Gasteiger partial charge is 0.507 e. The second-order valence-electron chi connectivity index (χ2n) is 14.3. The topological polar surface area (TPSA) is 115 Å². The highest BCUT2D eigenvalue weighted by molar-refractivity contribution is 5.82. The second kappa shape index (κ2) is 13.0. The number of nitrogens with one attached hydrogen (secondary N) is 2. The third kappa shape index (κ3) is 13.1. The van der Waals surface area contributed by atoms with E-state index in [0.717, 1.165) is 16.7 Å². The Balaban J connectivity index is 2.75. The molecule has 0 saturated heterocycles. The minimum Gasteiger partial charge on any atom is -0.507 e. The van der Waals surface area contributed by atoms with Gasteiger partial charge in [0.15, 0.2) is 0 Å². The Labute approximate surface area is 235 Å². The van der Waals surface area contributed by atoms with E-state index in [1.807, 2.05) is 95.2 Å². The smallest absolute Gasteiger partial charge is 0.238 e. The Morgan fingerprint density at radius 2 is 1.05 bits per heavy atom. The van der Waals surface area contributed by atoms with Crippen molar-refractivity contribution in [1.82, 2.24) is 10.9 Å². The number of benzene rings is 1. The van der Waals surface area contributed by atoms with Crippen LogP contribution in [0.2, 0.25) is 0 Å². The number of carbonyl (C=O) groups is 2. The lowest BCUT2D eigenvalue weighted by atomic mass is 9.78. The maximum Gasteiger partial charge on any atom is 0.238 e. The Morgan fingerprint density at radius 3 is 1.41 bits per heavy atom. The third-order valence-corrected chi connectivity index (χ3v) is 5.51. The second-order valence-corrected chi connectivity index (χ2v) is 14.3. The zero-order valence-electron chi connectivity index (χ0n) is 26.4. The number of phenolic OH excluding ortho intramolecular Hbond substituents is 1. The molecule has 1 rings (SSSR count). The van der Waals surface area contributed by atoms with Crippen molar-refractivity contribution in [2.24, 2.45) is 0 Å². The number of amides is 2. The Kier molecular flexibility index (Phi) is 11.6. The van der Waals surface area contributed by atoms with E-state index in [1.54, 1.807) is 6.92 Å². The van der Waals surface area contributed by atoms with Crippen LogP contribution in [0, 0.1) is 0 Å². The molecule has 0 bridgehead atoms. The van der Waals surface area contributed by atoms with E-state index in [1.165, 1.54) is 0 Å². The van der Waals surface area contributed by atoms with E-state index >= 15 is 0 Å². The maximum atomic E-state index is 12.5. The van der Waals surface area contributed by atoms with Gasteiger partial charge >= 0.3 is 0 Å². The van der Waals surface area contributed by atoms with Crippen molar-refractivity contribution < 1.29 is 34.2 Å². The fraction of sp³-hybridized carbons (Fsp3) is 0.733. The van der Waals surface area contributed by atoms with Gasteiger partial charge in [0, 0.05) is 19.3 Å². The first kappa shape index (κ1) is 34.8. The first-order chi connectivity index (χ1) is 17.4. The number of carbonyl (C=O) groups excluding carboxylic acids is 2. The molecule has 39 heavy (non-hydrogen) atoms. The van der Waals surface area contributed by atoms with Crippen LogP contribution in [0.15, 0.2) is 12.1 Å². The fourth-order valence-electron chi connectivity index (χ4n) is 3.37. The van der Waals surface area contributed by atoms with E-state index in [-0.39, 0.29) is 36.0 Å². The minimum absolute atomic E-state index is 0.0143. The van der Waals surface area contributed by atoms with Gasteiger partial charge in [0.25, 0.3) is 0 Å². The summed E-state index contributed by atoms with van der Waals surface area (Å²) in [5.74, 6) is -1.79. The number of rotatable bonds is 10. The molecule has 0 heterocycles. The predicted molar refractivity (Wildman–Crippen MR) is 152 cm³/mol. The first-order valence-corrected chi connectivity index (χ1v) is 13.6. The van der Waals surface area contributed by atoms with Gasteiger partial charge < -0.3 is 5.11 Å². The number of aryl methyl sites for hydroxylation is 1. The molecule has 0 radical (unpaired) electrons. The van der Waals surface area contributed by atoms with Crippen LogP contribution >= 0.6 is 0 Å². The van der Waals surface area contributed by atoms with Crippen LogP contribution in [-0.4, -0.2) is 33.9 Å². The van der Waals surface area contributed by atoms with Crippen molar-refractivity contribution >= 4 is 11.8 Å². The van der Waals surface area contributed by atoms with Crippen molar-refractivity contribution in [1.29, 1.82) is 0 Å². The summed E-state index contributed by atoms with van der Waals surface area (Å²) in [6.45, 7) is 24.9. The molecule has 2 amide bonds. The summed E-state index contributed by atoms with van der Waals surface area (Å²) in [6, 6.07) is 3.91. The summed E-state index contributed by atoms with van der Waals surface area (Å²) in [5, 5.41) is 10.9. The van der Waals surface area contributed by atoms with Crippen LogP contribution in [0.3, 0.4) is 0 Å². The summed E-state index contributed by atoms with van der Waals surface area (Å²) < 4.78 is 0. The predicted octanol–water partition coefficient (Wildman–Crippen LogP) is 6.06. The molecule has 3 N–H and O–H groups in total. The molecule has 9 heteroatoms. The average molecular weight is 553 g/mol. The molecular formula is C30H52N2O7. The molecule has 1 aromatic carbocycles. The van der Waals surface area contributed by atoms with Crippen LogP contribution in [0.1, 0.15) is 126 Å². The molecule has 224 valence electrons. The van der Waals surface area contributed by atoms with E-state index < -0.39 is 22.9 Å². The molecule has 0 aromatic heterocycles. The zero-order valence-corrected chi connectivity index (χ0v) is 26.4. The number of phenols is 1. The minimum atomic E-state index is -1.35. The molecule has 0 unspecified atom stereocenters. The Hall–Kier alpha value is -2.20. The van der Waals surface area contributed by atoms with Crippen molar-refractivity contribution in [3.8, 4) is 5.75 Å². The van der Waals surface area contributed by atoms with Crippen LogP contribution in [0.4, 0.5) is 0 Å². The van der Waals surface area contributed by atoms with E-state index in [4.69, 9.17) is 19.6 Å². The summed E-state index contributed by atoms with van der Waals surface area (Å²) >= 11 is 0. The van der Waals surface area contributed by atoms with Gasteiger partial charge in [0.2, 0.25) is 17.6 Å². The quantitative estimate of drug-likeness (QED) is 0.184. The van der Waals surface area contributed by atoms with Crippen LogP contribution in [-0.2, 0) is 46.4 Å². The van der Waals surface area contributed by atoms with Gasteiger partial charge in [-0.15, -0.1) is 0 Å². The molecule has 0 aliphatic heterocycles. The van der Waals surface area contributed by atoms with Gasteiger partial charge in [-0.2, -0.15) is 9.78 Å². The number of hydrogen-bond acceptors (Lipinski definition) is 7. The molecule has 0 atom stereocenters. The van der Waals surface area contributed by atoms with Gasteiger partial charge in [-0.1, -0.05) is 53.7 Å². The highest BCUT2D eigenvalue weighted by Crippen LogP contribution is 2.40. The lowest BCUT2D eigenvalue weighted by Crippen LogP contribution is -2.43. The van der Waals surface area contributed by atoms with Gasteiger partial charge in [-0.05, 0) is 82.4 Å². The van der Waals surface area contributed by atoms with Crippen molar-refractivity contribution in [2.45, 2.75) is 144 Å². The third-order valence-electron chi connectivity index (χ3n) is 5.51. The van der Waals surface area contributed by atoms with E-state index in [2.05, 4.69) is 10.9 Å². The van der Waals surface area contributed by atoms with Crippen molar-refractivity contribution in [2.75, 3.05) is 0 Å². The fourth-order valence-corrected chi connectivity index (χ4v) is 3.37. The van der Waals surface area contributed by atoms with Gasteiger partial charge in [0.05, 0.1) is 11.2 Å². The average Bonchev–Trinajstić information content (AvgIpc) is 2.75.